The van der Waals surface area contributed by atoms with Crippen molar-refractivity contribution in [2.24, 2.45) is 0 Å². The van der Waals surface area contributed by atoms with Crippen LogP contribution in [0.3, 0.4) is 0 Å². The Morgan fingerprint density at radius 1 is 1.45 bits per heavy atom. The first-order chi connectivity index (χ1) is 10.4. The number of hydrogen-bond donors (Lipinski definition) is 4. The average Bonchev–Trinajstić information content (AvgIpc) is 2.74. The van der Waals surface area contributed by atoms with E-state index >= 15 is 0 Å². The molecule has 1 fully saturated rings. The van der Waals surface area contributed by atoms with Crippen molar-refractivity contribution in [3.8, 4) is 0 Å². The third-order valence-corrected chi connectivity index (χ3v) is 3.35. The first-order valence-electron chi connectivity index (χ1n) is 6.49. The second-order valence-electron chi connectivity index (χ2n) is 4.84. The highest BCUT2D eigenvalue weighted by atomic mass is 16.6. The van der Waals surface area contributed by atoms with Crippen molar-refractivity contribution >= 4 is 0 Å². The number of aromatic nitrogens is 2. The van der Waals surface area contributed by atoms with Crippen LogP contribution in [-0.4, -0.2) is 43.2 Å². The molecule has 1 aliphatic heterocycles. The fourth-order valence-corrected chi connectivity index (χ4v) is 2.25. The maximum absolute atomic E-state index is 11.7. The Hall–Kier alpha value is -2.48. The number of allylic oxidation sites excluding steroid dienone is 1. The second kappa shape index (κ2) is 6.52. The van der Waals surface area contributed by atoms with Crippen LogP contribution in [0.1, 0.15) is 19.1 Å². The molecule has 0 amide bonds. The molecule has 10 nitrogen and oxygen atoms in total. The molecular weight excluding hydrogens is 296 g/mol. The summed E-state index contributed by atoms with van der Waals surface area (Å²) in [5.74, 6) is -0.225. The summed E-state index contributed by atoms with van der Waals surface area (Å²) in [5, 5.41) is 37.5. The number of hydrogen-bond acceptors (Lipinski definition) is 7. The molecule has 1 aromatic heterocycles. The number of nitrogens with one attached hydrogen (secondary N) is 1. The first kappa shape index (κ1) is 15.9. The molecule has 0 spiro atoms. The summed E-state index contributed by atoms with van der Waals surface area (Å²) in [6.07, 6.45) is -2.47. The predicted molar refractivity (Wildman–Crippen MR) is 72.3 cm³/mol. The Kier molecular flexibility index (Phi) is 4.71. The van der Waals surface area contributed by atoms with Crippen molar-refractivity contribution < 1.29 is 20.1 Å². The summed E-state index contributed by atoms with van der Waals surface area (Å²) < 4.78 is 6.40. The zero-order chi connectivity index (χ0) is 16.3. The lowest BCUT2D eigenvalue weighted by molar-refractivity contribution is -0.0421. The minimum Gasteiger partial charge on any atom is -0.505 e. The van der Waals surface area contributed by atoms with E-state index in [1.165, 1.54) is 0 Å². The number of aliphatic hydroxyl groups is 3. The van der Waals surface area contributed by atoms with Gasteiger partial charge in [0.25, 0.3) is 5.56 Å². The maximum atomic E-state index is 11.7. The quantitative estimate of drug-likeness (QED) is 0.419. The van der Waals surface area contributed by atoms with E-state index in [2.05, 4.69) is 4.98 Å². The van der Waals surface area contributed by atoms with E-state index in [1.807, 2.05) is 4.98 Å². The van der Waals surface area contributed by atoms with E-state index in [1.54, 1.807) is 0 Å². The molecule has 4 N–H and O–H groups in total. The SMILES string of the molecule is N#[N+]/C=C(/O)CCC1OC(n2ccc(=O)[nH]c2=O)C(O)C1O. The molecule has 0 radical (unpaired) electrons. The molecule has 1 saturated heterocycles. The van der Waals surface area contributed by atoms with Crippen LogP contribution >= 0.6 is 0 Å². The van der Waals surface area contributed by atoms with Crippen LogP contribution in [0.25, 0.3) is 4.98 Å². The van der Waals surface area contributed by atoms with Gasteiger partial charge < -0.3 is 20.1 Å². The van der Waals surface area contributed by atoms with Crippen LogP contribution < -0.4 is 11.2 Å². The van der Waals surface area contributed by atoms with Gasteiger partial charge in [-0.05, 0) is 6.42 Å². The first-order valence-corrected chi connectivity index (χ1v) is 6.49. The molecular formula is C12H15N4O6+. The maximum Gasteiger partial charge on any atom is 0.387 e. The number of aliphatic hydroxyl groups excluding tert-OH is 3. The molecule has 1 aliphatic rings. The standard InChI is InChI=1S/C12H14N4O6/c13-14-5-6(17)1-2-7-9(19)10(20)11(22-7)16-4-3-8(18)15-12(16)21/h3-5,7,9-11,19-20H,1-2H2,(H-,15,17,18,21)/p+1/b6-5+. The van der Waals surface area contributed by atoms with Crippen LogP contribution in [-0.2, 0) is 4.74 Å². The van der Waals surface area contributed by atoms with Gasteiger partial charge in [-0.25, -0.2) is 4.79 Å². The molecule has 1 aromatic rings. The summed E-state index contributed by atoms with van der Waals surface area (Å²) in [6.45, 7) is 0. The molecule has 2 rings (SSSR count). The lowest BCUT2D eigenvalue weighted by atomic mass is 10.1. The van der Waals surface area contributed by atoms with Crippen molar-refractivity contribution in [3.63, 3.8) is 0 Å². The third-order valence-electron chi connectivity index (χ3n) is 3.35. The highest BCUT2D eigenvalue weighted by molar-refractivity contribution is 4.98. The van der Waals surface area contributed by atoms with Gasteiger partial charge in [-0.2, -0.15) is 0 Å². The number of rotatable bonds is 4. The Morgan fingerprint density at radius 2 is 2.18 bits per heavy atom. The highest BCUT2D eigenvalue weighted by Crippen LogP contribution is 2.31. The van der Waals surface area contributed by atoms with E-state index in [0.29, 0.717) is 0 Å². The molecule has 0 saturated carbocycles. The van der Waals surface area contributed by atoms with Crippen LogP contribution in [0.15, 0.2) is 33.8 Å². The molecule has 0 bridgehead atoms. The fourth-order valence-electron chi connectivity index (χ4n) is 2.25. The number of H-pyrrole nitrogens is 1. The number of ether oxygens (including phenoxy) is 1. The van der Waals surface area contributed by atoms with Gasteiger partial charge in [0.05, 0.1) is 6.10 Å². The largest absolute Gasteiger partial charge is 0.505 e. The molecule has 22 heavy (non-hydrogen) atoms. The van der Waals surface area contributed by atoms with E-state index in [9.17, 15) is 24.9 Å². The average molecular weight is 311 g/mol. The predicted octanol–water partition coefficient (Wildman–Crippen LogP) is -0.812. The van der Waals surface area contributed by atoms with Gasteiger partial charge in [-0.1, -0.05) is 0 Å². The van der Waals surface area contributed by atoms with E-state index < -0.39 is 35.8 Å². The Morgan fingerprint density at radius 3 is 2.82 bits per heavy atom. The fraction of sp³-hybridized carbons (Fsp3) is 0.500. The van der Waals surface area contributed by atoms with Gasteiger partial charge >= 0.3 is 11.9 Å². The Bertz CT molecular complexity index is 717. The summed E-state index contributed by atoms with van der Waals surface area (Å²) in [7, 11) is 0. The van der Waals surface area contributed by atoms with Gasteiger partial charge in [0.1, 0.15) is 12.2 Å². The molecule has 118 valence electrons. The topological polar surface area (TPSA) is 153 Å². The zero-order valence-electron chi connectivity index (χ0n) is 11.4. The number of aromatic amines is 1. The Labute approximate surface area is 123 Å². The molecule has 4 unspecified atom stereocenters. The smallest absolute Gasteiger partial charge is 0.387 e. The van der Waals surface area contributed by atoms with Gasteiger partial charge in [0.2, 0.25) is 5.39 Å². The van der Waals surface area contributed by atoms with Crippen LogP contribution in [0.2, 0.25) is 0 Å². The molecule has 0 aliphatic carbocycles. The van der Waals surface area contributed by atoms with Crippen molar-refractivity contribution in [3.05, 3.63) is 50.0 Å². The summed E-state index contributed by atoms with van der Waals surface area (Å²) in [4.78, 5) is 27.4. The highest BCUT2D eigenvalue weighted by Gasteiger charge is 2.43. The summed E-state index contributed by atoms with van der Waals surface area (Å²) in [6, 6.07) is 1.09. The third kappa shape index (κ3) is 3.22. The number of diazo groups is 1. The van der Waals surface area contributed by atoms with Gasteiger partial charge in [0, 0.05) is 18.7 Å². The van der Waals surface area contributed by atoms with Crippen LogP contribution in [0, 0.1) is 5.39 Å². The van der Waals surface area contributed by atoms with Gasteiger partial charge in [-0.3, -0.25) is 14.3 Å². The molecule has 2 heterocycles. The Balaban J connectivity index is 2.13. The van der Waals surface area contributed by atoms with Gasteiger partial charge in [-0.15, -0.1) is 0 Å². The van der Waals surface area contributed by atoms with Crippen molar-refractivity contribution in [2.75, 3.05) is 0 Å². The van der Waals surface area contributed by atoms with Crippen LogP contribution in [0.5, 0.6) is 0 Å². The monoisotopic (exact) mass is 311 g/mol. The lowest BCUT2D eigenvalue weighted by Crippen LogP contribution is -2.37. The number of nitrogens with zero attached hydrogens (tertiary/aromatic N) is 3. The summed E-state index contributed by atoms with van der Waals surface area (Å²) in [5.41, 5.74) is -1.36. The molecule has 0 aromatic carbocycles. The molecule has 10 heteroatoms. The second-order valence-corrected chi connectivity index (χ2v) is 4.84. The van der Waals surface area contributed by atoms with E-state index in [0.717, 1.165) is 23.0 Å². The lowest BCUT2D eigenvalue weighted by Gasteiger charge is -2.16. The van der Waals surface area contributed by atoms with Crippen molar-refractivity contribution in [1.29, 1.82) is 5.39 Å². The van der Waals surface area contributed by atoms with E-state index in [-0.39, 0.29) is 18.6 Å². The minimum atomic E-state index is -1.37. The van der Waals surface area contributed by atoms with Gasteiger partial charge in [0.15, 0.2) is 17.0 Å². The van der Waals surface area contributed by atoms with Crippen molar-refractivity contribution in [1.82, 2.24) is 9.55 Å². The van der Waals surface area contributed by atoms with Crippen LogP contribution in [0.4, 0.5) is 0 Å². The van der Waals surface area contributed by atoms with E-state index in [4.69, 9.17) is 10.1 Å². The minimum absolute atomic E-state index is 0.0474. The van der Waals surface area contributed by atoms with Crippen molar-refractivity contribution in [2.45, 2.75) is 37.4 Å². The molecule has 4 atom stereocenters. The summed E-state index contributed by atoms with van der Waals surface area (Å²) >= 11 is 0. The normalized spacial score (nSPS) is 28.5. The zero-order valence-corrected chi connectivity index (χ0v) is 11.4.